The number of rotatable bonds is 1. The van der Waals surface area contributed by atoms with E-state index in [1.807, 2.05) is 5.10 Å². The van der Waals surface area contributed by atoms with Gasteiger partial charge in [0.15, 0.2) is 5.69 Å². The van der Waals surface area contributed by atoms with Crippen LogP contribution in [0.5, 0.6) is 0 Å². The molecule has 0 atom stereocenters. The SMILES string of the molecule is [C-]#[N+]c1ccc(-n2[nH]c(C(F)(F)F)cc2=O)cc1. The van der Waals surface area contributed by atoms with Crippen LogP contribution in [-0.2, 0) is 6.18 Å². The van der Waals surface area contributed by atoms with Crippen molar-refractivity contribution in [3.05, 3.63) is 57.8 Å². The van der Waals surface area contributed by atoms with Crippen molar-refractivity contribution in [1.29, 1.82) is 0 Å². The molecule has 0 aliphatic carbocycles. The van der Waals surface area contributed by atoms with E-state index in [1.54, 1.807) is 0 Å². The van der Waals surface area contributed by atoms with Gasteiger partial charge < -0.3 is 0 Å². The van der Waals surface area contributed by atoms with E-state index in [2.05, 4.69) is 4.85 Å². The first-order chi connectivity index (χ1) is 8.41. The maximum atomic E-state index is 12.4. The highest BCUT2D eigenvalue weighted by Gasteiger charge is 2.33. The van der Waals surface area contributed by atoms with Crippen molar-refractivity contribution in [2.45, 2.75) is 6.18 Å². The van der Waals surface area contributed by atoms with Gasteiger partial charge in [0, 0.05) is 6.07 Å². The molecule has 0 spiro atoms. The summed E-state index contributed by atoms with van der Waals surface area (Å²) in [6, 6.07) is 6.12. The second-order valence-electron chi connectivity index (χ2n) is 3.47. The first-order valence-corrected chi connectivity index (χ1v) is 4.79. The van der Waals surface area contributed by atoms with Gasteiger partial charge in [-0.15, -0.1) is 0 Å². The van der Waals surface area contributed by atoms with Gasteiger partial charge in [-0.25, -0.2) is 9.53 Å². The molecule has 0 radical (unpaired) electrons. The van der Waals surface area contributed by atoms with Crippen LogP contribution in [0.25, 0.3) is 10.5 Å². The Labute approximate surface area is 99.1 Å². The van der Waals surface area contributed by atoms with Crippen LogP contribution in [0.3, 0.4) is 0 Å². The Hall–Kier alpha value is -2.49. The fraction of sp³-hybridized carbons (Fsp3) is 0.0909. The molecule has 0 aliphatic rings. The van der Waals surface area contributed by atoms with E-state index in [1.165, 1.54) is 24.3 Å². The van der Waals surface area contributed by atoms with Crippen LogP contribution in [0.1, 0.15) is 5.69 Å². The Morgan fingerprint density at radius 2 is 1.83 bits per heavy atom. The third-order valence-electron chi connectivity index (χ3n) is 2.26. The zero-order chi connectivity index (χ0) is 13.3. The molecule has 0 unspecified atom stereocenters. The van der Waals surface area contributed by atoms with Crippen LogP contribution in [-0.4, -0.2) is 9.78 Å². The molecule has 1 N–H and O–H groups in total. The van der Waals surface area contributed by atoms with Crippen LogP contribution in [0, 0.1) is 6.57 Å². The summed E-state index contributed by atoms with van der Waals surface area (Å²) in [6.07, 6.45) is -4.60. The molecule has 0 aliphatic heterocycles. The summed E-state index contributed by atoms with van der Waals surface area (Å²) in [5.74, 6) is 0. The Balaban J connectivity index is 2.48. The van der Waals surface area contributed by atoms with Crippen molar-refractivity contribution in [2.24, 2.45) is 0 Å². The van der Waals surface area contributed by atoms with Crippen molar-refractivity contribution in [2.75, 3.05) is 0 Å². The Morgan fingerprint density at radius 1 is 1.22 bits per heavy atom. The van der Waals surface area contributed by atoms with Crippen LogP contribution in [0.4, 0.5) is 18.9 Å². The number of benzene rings is 1. The number of halogens is 3. The number of hydrogen-bond donors (Lipinski definition) is 1. The van der Waals surface area contributed by atoms with Crippen molar-refractivity contribution < 1.29 is 13.2 Å². The van der Waals surface area contributed by atoms with Crippen molar-refractivity contribution in [1.82, 2.24) is 9.78 Å². The number of H-pyrrole nitrogens is 1. The lowest BCUT2D eigenvalue weighted by molar-refractivity contribution is -0.141. The smallest absolute Gasteiger partial charge is 0.286 e. The first-order valence-electron chi connectivity index (χ1n) is 4.79. The molecule has 1 aromatic heterocycles. The standard InChI is InChI=1S/C11H6F3N3O/c1-15-7-2-4-8(5-3-7)17-10(18)6-9(16-17)11(12,13)14/h2-6,16H. The molecule has 18 heavy (non-hydrogen) atoms. The van der Waals surface area contributed by atoms with Gasteiger partial charge in [-0.2, -0.15) is 13.2 Å². The number of nitrogens with zero attached hydrogens (tertiary/aromatic N) is 2. The highest BCUT2D eigenvalue weighted by atomic mass is 19.4. The van der Waals surface area contributed by atoms with Crippen LogP contribution in [0.15, 0.2) is 35.1 Å². The largest absolute Gasteiger partial charge is 0.432 e. The van der Waals surface area contributed by atoms with Gasteiger partial charge in [-0.1, -0.05) is 12.1 Å². The minimum absolute atomic E-state index is 0.239. The van der Waals surface area contributed by atoms with E-state index < -0.39 is 17.4 Å². The second-order valence-corrected chi connectivity index (χ2v) is 3.47. The lowest BCUT2D eigenvalue weighted by Crippen LogP contribution is -2.13. The molecule has 0 saturated heterocycles. The number of nitrogens with one attached hydrogen (secondary N) is 1. The summed E-state index contributed by atoms with van der Waals surface area (Å²) in [5, 5.41) is 1.98. The van der Waals surface area contributed by atoms with Gasteiger partial charge in [0.25, 0.3) is 5.56 Å². The minimum Gasteiger partial charge on any atom is -0.286 e. The second kappa shape index (κ2) is 4.07. The summed E-state index contributed by atoms with van der Waals surface area (Å²) in [5.41, 5.74) is -1.34. The number of aromatic amines is 1. The molecule has 0 fully saturated rings. The molecule has 1 aromatic carbocycles. The minimum atomic E-state index is -4.60. The number of alkyl halides is 3. The molecular weight excluding hydrogens is 247 g/mol. The van der Waals surface area contributed by atoms with E-state index in [4.69, 9.17) is 6.57 Å². The molecule has 0 amide bonds. The fourth-order valence-electron chi connectivity index (χ4n) is 1.41. The average Bonchev–Trinajstić information content (AvgIpc) is 2.71. The molecule has 2 rings (SSSR count). The Bertz CT molecular complexity index is 659. The van der Waals surface area contributed by atoms with Gasteiger partial charge in [-0.3, -0.25) is 9.89 Å². The highest BCUT2D eigenvalue weighted by Crippen LogP contribution is 2.26. The molecule has 0 saturated carbocycles. The van der Waals surface area contributed by atoms with Gasteiger partial charge in [0.2, 0.25) is 0 Å². The van der Waals surface area contributed by atoms with E-state index >= 15 is 0 Å². The maximum Gasteiger partial charge on any atom is 0.432 e. The number of aromatic nitrogens is 2. The highest BCUT2D eigenvalue weighted by molar-refractivity contribution is 5.49. The summed E-state index contributed by atoms with van der Waals surface area (Å²) in [6.45, 7) is 6.75. The predicted molar refractivity (Wildman–Crippen MR) is 57.7 cm³/mol. The molecule has 4 nitrogen and oxygen atoms in total. The first kappa shape index (κ1) is 12.0. The molecule has 1 heterocycles. The van der Waals surface area contributed by atoms with E-state index in [-0.39, 0.29) is 5.69 Å². The molecular formula is C11H6F3N3O. The van der Waals surface area contributed by atoms with Crippen molar-refractivity contribution >= 4 is 5.69 Å². The monoisotopic (exact) mass is 253 g/mol. The predicted octanol–water partition coefficient (Wildman–Crippen LogP) is 2.74. The summed E-state index contributed by atoms with van der Waals surface area (Å²) >= 11 is 0. The average molecular weight is 253 g/mol. The van der Waals surface area contributed by atoms with E-state index in [0.717, 1.165) is 4.68 Å². The van der Waals surface area contributed by atoms with E-state index in [9.17, 15) is 18.0 Å². The quantitative estimate of drug-likeness (QED) is 0.780. The lowest BCUT2D eigenvalue weighted by Gasteiger charge is -2.04. The summed E-state index contributed by atoms with van der Waals surface area (Å²) in [4.78, 5) is 14.6. The Morgan fingerprint density at radius 3 is 2.28 bits per heavy atom. The normalized spacial score (nSPS) is 11.2. The van der Waals surface area contributed by atoms with Gasteiger partial charge in [0.1, 0.15) is 5.69 Å². The third kappa shape index (κ3) is 2.13. The number of hydrogen-bond acceptors (Lipinski definition) is 1. The van der Waals surface area contributed by atoms with Crippen molar-refractivity contribution in [3.63, 3.8) is 0 Å². The van der Waals surface area contributed by atoms with Gasteiger partial charge >= 0.3 is 6.18 Å². The molecule has 0 bridgehead atoms. The maximum absolute atomic E-state index is 12.4. The van der Waals surface area contributed by atoms with Crippen LogP contribution < -0.4 is 5.56 Å². The zero-order valence-electron chi connectivity index (χ0n) is 8.82. The van der Waals surface area contributed by atoms with E-state index in [0.29, 0.717) is 11.8 Å². The fourth-order valence-corrected chi connectivity index (χ4v) is 1.41. The summed E-state index contributed by atoms with van der Waals surface area (Å²) < 4.78 is 38.0. The third-order valence-corrected chi connectivity index (χ3v) is 2.26. The lowest BCUT2D eigenvalue weighted by atomic mass is 10.3. The van der Waals surface area contributed by atoms with Crippen molar-refractivity contribution in [3.8, 4) is 5.69 Å². The van der Waals surface area contributed by atoms with Gasteiger partial charge in [-0.05, 0) is 12.1 Å². The van der Waals surface area contributed by atoms with Crippen LogP contribution in [0.2, 0.25) is 0 Å². The molecule has 2 aromatic rings. The summed E-state index contributed by atoms with van der Waals surface area (Å²) in [7, 11) is 0. The van der Waals surface area contributed by atoms with Crippen LogP contribution >= 0.6 is 0 Å². The van der Waals surface area contributed by atoms with Gasteiger partial charge in [0.05, 0.1) is 12.3 Å². The molecule has 7 heteroatoms. The Kier molecular flexibility index (Phi) is 2.71. The topological polar surface area (TPSA) is 42.1 Å². The molecule has 92 valence electrons. The zero-order valence-corrected chi connectivity index (χ0v) is 8.82.